The van der Waals surface area contributed by atoms with E-state index in [9.17, 15) is 4.79 Å². The Morgan fingerprint density at radius 3 is 2.52 bits per heavy atom. The Bertz CT molecular complexity index is 976. The average Bonchev–Trinajstić information content (AvgIpc) is 3.10. The number of rotatable bonds is 7. The second-order valence-electron chi connectivity index (χ2n) is 6.15. The second kappa shape index (κ2) is 10.4. The van der Waals surface area contributed by atoms with Gasteiger partial charge in [-0.25, -0.2) is 4.68 Å². The van der Waals surface area contributed by atoms with E-state index in [4.69, 9.17) is 23.8 Å². The molecule has 9 heteroatoms. The van der Waals surface area contributed by atoms with Gasteiger partial charge in [0.05, 0.1) is 6.42 Å². The van der Waals surface area contributed by atoms with E-state index in [-0.39, 0.29) is 17.4 Å². The first kappa shape index (κ1) is 21.3. The van der Waals surface area contributed by atoms with Gasteiger partial charge in [0.15, 0.2) is 10.9 Å². The van der Waals surface area contributed by atoms with E-state index >= 15 is 0 Å². The zero-order valence-corrected chi connectivity index (χ0v) is 18.2. The molecular formula is C20H20ClN5OS2. The van der Waals surface area contributed by atoms with Crippen molar-refractivity contribution in [3.8, 4) is 0 Å². The fourth-order valence-electron chi connectivity index (χ4n) is 2.55. The number of carbonyl (C=O) groups is 1. The fourth-order valence-corrected chi connectivity index (χ4v) is 3.74. The minimum atomic E-state index is -0.213. The monoisotopic (exact) mass is 445 g/mol. The molecule has 0 saturated carbocycles. The number of benzene rings is 2. The summed E-state index contributed by atoms with van der Waals surface area (Å²) in [6, 6.07) is 17.2. The lowest BCUT2D eigenvalue weighted by Crippen LogP contribution is -2.39. The molecule has 1 aromatic heterocycles. The molecule has 3 rings (SSSR count). The van der Waals surface area contributed by atoms with Gasteiger partial charge in [-0.1, -0.05) is 72.8 Å². The van der Waals surface area contributed by atoms with Gasteiger partial charge >= 0.3 is 0 Å². The van der Waals surface area contributed by atoms with Crippen LogP contribution in [0.2, 0.25) is 5.02 Å². The first-order chi connectivity index (χ1) is 14.0. The van der Waals surface area contributed by atoms with Crippen LogP contribution in [0.3, 0.4) is 0 Å². The summed E-state index contributed by atoms with van der Waals surface area (Å²) in [5.41, 5.74) is 5.06. The summed E-state index contributed by atoms with van der Waals surface area (Å²) in [5, 5.41) is 12.6. The summed E-state index contributed by atoms with van der Waals surface area (Å²) in [6.07, 6.45) is 0.880. The summed E-state index contributed by atoms with van der Waals surface area (Å²) in [5.74, 6) is 1.27. The van der Waals surface area contributed by atoms with E-state index < -0.39 is 0 Å². The molecule has 0 radical (unpaired) electrons. The van der Waals surface area contributed by atoms with Gasteiger partial charge in [0.2, 0.25) is 11.1 Å². The molecule has 6 nitrogen and oxygen atoms in total. The number of aromatic nitrogens is 3. The van der Waals surface area contributed by atoms with Gasteiger partial charge in [0.1, 0.15) is 0 Å². The van der Waals surface area contributed by atoms with E-state index in [1.807, 2.05) is 37.3 Å². The van der Waals surface area contributed by atoms with Gasteiger partial charge < -0.3 is 5.32 Å². The minimum Gasteiger partial charge on any atom is -0.302 e. The zero-order chi connectivity index (χ0) is 20.6. The standard InChI is InChI=1S/C20H20ClN5OS2/c1-2-17-23-24-20(29-13-15-6-4-3-5-7-15)26(17)25-19(28)22-18(27)12-14-8-10-16(21)11-9-14/h3-11H,2,12-13H2,1H3,(H2,22,25,27,28). The van der Waals surface area contributed by atoms with Gasteiger partial charge in [-0.2, -0.15) is 0 Å². The van der Waals surface area contributed by atoms with Crippen molar-refractivity contribution in [2.45, 2.75) is 30.7 Å². The molecular weight excluding hydrogens is 426 g/mol. The number of thiocarbonyl (C=S) groups is 1. The lowest BCUT2D eigenvalue weighted by molar-refractivity contribution is -0.119. The Morgan fingerprint density at radius 2 is 1.83 bits per heavy atom. The zero-order valence-electron chi connectivity index (χ0n) is 15.8. The number of hydrogen-bond donors (Lipinski definition) is 2. The second-order valence-corrected chi connectivity index (χ2v) is 7.94. The third-order valence-corrected chi connectivity index (χ3v) is 5.42. The van der Waals surface area contributed by atoms with Crippen molar-refractivity contribution in [1.82, 2.24) is 20.2 Å². The smallest absolute Gasteiger partial charge is 0.230 e. The van der Waals surface area contributed by atoms with Crippen LogP contribution in [0.4, 0.5) is 0 Å². The molecule has 2 N–H and O–H groups in total. The number of aryl methyl sites for hydroxylation is 1. The Hall–Kier alpha value is -2.42. The van der Waals surface area contributed by atoms with E-state index in [0.29, 0.717) is 16.6 Å². The number of thioether (sulfide) groups is 1. The van der Waals surface area contributed by atoms with Crippen LogP contribution in [0.25, 0.3) is 0 Å². The maximum Gasteiger partial charge on any atom is 0.230 e. The number of hydrogen-bond acceptors (Lipinski definition) is 5. The molecule has 0 aliphatic heterocycles. The average molecular weight is 446 g/mol. The lowest BCUT2D eigenvalue weighted by Gasteiger charge is -2.13. The summed E-state index contributed by atoms with van der Waals surface area (Å²) in [7, 11) is 0. The molecule has 0 atom stereocenters. The topological polar surface area (TPSA) is 71.8 Å². The first-order valence-electron chi connectivity index (χ1n) is 9.01. The van der Waals surface area contributed by atoms with Crippen LogP contribution in [-0.2, 0) is 23.4 Å². The Kier molecular flexibility index (Phi) is 7.62. The maximum absolute atomic E-state index is 12.3. The van der Waals surface area contributed by atoms with Crippen molar-refractivity contribution in [1.29, 1.82) is 0 Å². The van der Waals surface area contributed by atoms with Crippen molar-refractivity contribution in [3.63, 3.8) is 0 Å². The molecule has 0 fully saturated rings. The highest BCUT2D eigenvalue weighted by Gasteiger charge is 2.14. The SMILES string of the molecule is CCc1nnc(SCc2ccccc2)n1NC(=S)NC(=O)Cc1ccc(Cl)cc1. The molecule has 0 aliphatic rings. The van der Waals surface area contributed by atoms with Crippen LogP contribution in [0.5, 0.6) is 0 Å². The molecule has 29 heavy (non-hydrogen) atoms. The molecule has 0 bridgehead atoms. The van der Waals surface area contributed by atoms with Crippen LogP contribution >= 0.6 is 35.6 Å². The van der Waals surface area contributed by atoms with Gasteiger partial charge in [0, 0.05) is 17.2 Å². The Labute approximate surface area is 184 Å². The third kappa shape index (κ3) is 6.28. The van der Waals surface area contributed by atoms with Crippen molar-refractivity contribution in [3.05, 3.63) is 76.6 Å². The summed E-state index contributed by atoms with van der Waals surface area (Å²) in [4.78, 5) is 12.3. The van der Waals surface area contributed by atoms with E-state index in [1.165, 1.54) is 5.56 Å². The molecule has 1 amide bonds. The van der Waals surface area contributed by atoms with Crippen LogP contribution in [-0.4, -0.2) is 25.9 Å². The number of nitrogens with one attached hydrogen (secondary N) is 2. The van der Waals surface area contributed by atoms with Gasteiger partial charge in [-0.3, -0.25) is 10.2 Å². The van der Waals surface area contributed by atoms with Crippen LogP contribution in [0, 0.1) is 0 Å². The molecule has 0 unspecified atom stereocenters. The van der Waals surface area contributed by atoms with Crippen LogP contribution in [0.15, 0.2) is 59.8 Å². The third-order valence-electron chi connectivity index (χ3n) is 3.97. The van der Waals surface area contributed by atoms with Crippen molar-refractivity contribution in [2.75, 3.05) is 5.43 Å². The molecule has 0 aliphatic carbocycles. The fraction of sp³-hybridized carbons (Fsp3) is 0.200. The number of halogens is 1. The van der Waals surface area contributed by atoms with Crippen molar-refractivity contribution >= 4 is 46.6 Å². The van der Waals surface area contributed by atoms with Crippen LogP contribution < -0.4 is 10.7 Å². The van der Waals surface area contributed by atoms with Crippen LogP contribution in [0.1, 0.15) is 23.9 Å². The Morgan fingerprint density at radius 1 is 1.10 bits per heavy atom. The minimum absolute atomic E-state index is 0.194. The number of carbonyl (C=O) groups excluding carboxylic acids is 1. The van der Waals surface area contributed by atoms with Gasteiger partial charge in [-0.15, -0.1) is 10.2 Å². The van der Waals surface area contributed by atoms with Gasteiger partial charge in [-0.05, 0) is 35.5 Å². The Balaban J connectivity index is 1.60. The highest BCUT2D eigenvalue weighted by molar-refractivity contribution is 7.98. The predicted octanol–water partition coefficient (Wildman–Crippen LogP) is 3.97. The van der Waals surface area contributed by atoms with E-state index in [0.717, 1.165) is 17.1 Å². The summed E-state index contributed by atoms with van der Waals surface area (Å²) >= 11 is 12.7. The van der Waals surface area contributed by atoms with Crippen molar-refractivity contribution < 1.29 is 4.79 Å². The molecule has 3 aromatic rings. The molecule has 0 saturated heterocycles. The molecule has 150 valence electrons. The molecule has 0 spiro atoms. The van der Waals surface area contributed by atoms with Gasteiger partial charge in [0.25, 0.3) is 0 Å². The van der Waals surface area contributed by atoms with E-state index in [1.54, 1.807) is 28.6 Å². The summed E-state index contributed by atoms with van der Waals surface area (Å²) < 4.78 is 1.72. The highest BCUT2D eigenvalue weighted by atomic mass is 35.5. The largest absolute Gasteiger partial charge is 0.302 e. The summed E-state index contributed by atoms with van der Waals surface area (Å²) in [6.45, 7) is 1.98. The van der Waals surface area contributed by atoms with Crippen molar-refractivity contribution in [2.24, 2.45) is 0 Å². The maximum atomic E-state index is 12.3. The molecule has 1 heterocycles. The lowest BCUT2D eigenvalue weighted by atomic mass is 10.1. The van der Waals surface area contributed by atoms with E-state index in [2.05, 4.69) is 33.1 Å². The highest BCUT2D eigenvalue weighted by Crippen LogP contribution is 2.21. The normalized spacial score (nSPS) is 10.6. The first-order valence-corrected chi connectivity index (χ1v) is 10.8. The quantitative estimate of drug-likeness (QED) is 0.423. The number of amides is 1. The number of nitrogens with zero attached hydrogens (tertiary/aromatic N) is 3. The predicted molar refractivity (Wildman–Crippen MR) is 121 cm³/mol. The molecule has 2 aromatic carbocycles.